The van der Waals surface area contributed by atoms with Crippen LogP contribution in [-0.2, 0) is 11.3 Å². The van der Waals surface area contributed by atoms with Crippen LogP contribution >= 0.6 is 22.7 Å². The molecule has 0 aromatic carbocycles. The van der Waals surface area contributed by atoms with E-state index < -0.39 is 6.10 Å². The Morgan fingerprint density at radius 1 is 1.45 bits per heavy atom. The van der Waals surface area contributed by atoms with E-state index in [0.29, 0.717) is 19.8 Å². The maximum Gasteiger partial charge on any atom is 0.110 e. The van der Waals surface area contributed by atoms with Crippen LogP contribution in [-0.4, -0.2) is 29.3 Å². The Labute approximate surface area is 127 Å². The summed E-state index contributed by atoms with van der Waals surface area (Å²) in [6.07, 6.45) is -0.501. The summed E-state index contributed by atoms with van der Waals surface area (Å²) in [5.41, 5.74) is 1.04. The number of rotatable bonds is 8. The molecule has 0 spiro atoms. The molecule has 0 saturated heterocycles. The first kappa shape index (κ1) is 15.6. The molecule has 2 aromatic rings. The standard InChI is InChI=1S/C14H20N2O2S2/c1-10-9-20-14(16-10)11(2)15-6-12(17)7-18-8-13-4-3-5-19-13/h3-5,9,11-12,15,17H,6-8H2,1-2H3. The molecule has 2 N–H and O–H groups in total. The monoisotopic (exact) mass is 312 g/mol. The summed E-state index contributed by atoms with van der Waals surface area (Å²) in [4.78, 5) is 5.61. The second-order valence-corrected chi connectivity index (χ2v) is 6.63. The van der Waals surface area contributed by atoms with Crippen LogP contribution in [0.1, 0.15) is 28.5 Å². The van der Waals surface area contributed by atoms with Gasteiger partial charge >= 0.3 is 0 Å². The molecular weight excluding hydrogens is 292 g/mol. The lowest BCUT2D eigenvalue weighted by atomic mass is 10.3. The van der Waals surface area contributed by atoms with Gasteiger partial charge in [0.2, 0.25) is 0 Å². The van der Waals surface area contributed by atoms with Gasteiger partial charge in [-0.05, 0) is 25.3 Å². The smallest absolute Gasteiger partial charge is 0.110 e. The Morgan fingerprint density at radius 2 is 2.30 bits per heavy atom. The van der Waals surface area contributed by atoms with Crippen molar-refractivity contribution in [2.24, 2.45) is 0 Å². The van der Waals surface area contributed by atoms with Crippen molar-refractivity contribution in [3.63, 3.8) is 0 Å². The molecular formula is C14H20N2O2S2. The number of thiazole rings is 1. The Balaban J connectivity index is 1.63. The van der Waals surface area contributed by atoms with Gasteiger partial charge in [-0.3, -0.25) is 0 Å². The van der Waals surface area contributed by atoms with Crippen LogP contribution < -0.4 is 5.32 Å². The molecule has 2 unspecified atom stereocenters. The molecule has 0 aliphatic carbocycles. The highest BCUT2D eigenvalue weighted by atomic mass is 32.1. The van der Waals surface area contributed by atoms with Crippen molar-refractivity contribution in [2.45, 2.75) is 32.6 Å². The van der Waals surface area contributed by atoms with Gasteiger partial charge in [-0.1, -0.05) is 6.07 Å². The van der Waals surface area contributed by atoms with Crippen LogP contribution in [0.4, 0.5) is 0 Å². The van der Waals surface area contributed by atoms with Crippen LogP contribution in [0.15, 0.2) is 22.9 Å². The predicted molar refractivity (Wildman–Crippen MR) is 83.3 cm³/mol. The Bertz CT molecular complexity index is 499. The third-order valence-electron chi connectivity index (χ3n) is 2.80. The highest BCUT2D eigenvalue weighted by Gasteiger charge is 2.11. The number of nitrogens with one attached hydrogen (secondary N) is 1. The summed E-state index contributed by atoms with van der Waals surface area (Å²) >= 11 is 3.30. The van der Waals surface area contributed by atoms with Crippen LogP contribution in [0.2, 0.25) is 0 Å². The normalized spacial score (nSPS) is 14.3. The van der Waals surface area contributed by atoms with Gasteiger partial charge < -0.3 is 15.2 Å². The molecule has 2 heterocycles. The number of aromatic nitrogens is 1. The second kappa shape index (κ2) is 7.85. The van der Waals surface area contributed by atoms with Gasteiger partial charge in [0.15, 0.2) is 0 Å². The van der Waals surface area contributed by atoms with Gasteiger partial charge in [-0.25, -0.2) is 4.98 Å². The first-order chi connectivity index (χ1) is 9.65. The van der Waals surface area contributed by atoms with E-state index in [1.165, 1.54) is 4.88 Å². The molecule has 2 rings (SSSR count). The summed E-state index contributed by atoms with van der Waals surface area (Å²) in [5.74, 6) is 0. The van der Waals surface area contributed by atoms with Crippen molar-refractivity contribution >= 4 is 22.7 Å². The zero-order valence-electron chi connectivity index (χ0n) is 11.7. The van der Waals surface area contributed by atoms with Gasteiger partial charge in [-0.15, -0.1) is 22.7 Å². The van der Waals surface area contributed by atoms with E-state index in [9.17, 15) is 5.11 Å². The van der Waals surface area contributed by atoms with Crippen molar-refractivity contribution in [2.75, 3.05) is 13.2 Å². The molecule has 2 aromatic heterocycles. The third kappa shape index (κ3) is 4.96. The summed E-state index contributed by atoms with van der Waals surface area (Å²) in [6, 6.07) is 4.18. The SMILES string of the molecule is Cc1csc(C(C)NCC(O)COCc2cccs2)n1. The fraction of sp³-hybridized carbons (Fsp3) is 0.500. The molecule has 0 aliphatic heterocycles. The summed E-state index contributed by atoms with van der Waals surface area (Å²) in [6.45, 7) is 5.45. The summed E-state index contributed by atoms with van der Waals surface area (Å²) < 4.78 is 5.49. The number of thiophene rings is 1. The minimum absolute atomic E-state index is 0.153. The number of nitrogens with zero attached hydrogens (tertiary/aromatic N) is 1. The average Bonchev–Trinajstić information content (AvgIpc) is 3.07. The topological polar surface area (TPSA) is 54.4 Å². The van der Waals surface area contributed by atoms with E-state index in [2.05, 4.69) is 17.2 Å². The highest BCUT2D eigenvalue weighted by Crippen LogP contribution is 2.17. The molecule has 2 atom stereocenters. The van der Waals surface area contributed by atoms with E-state index in [1.54, 1.807) is 22.7 Å². The van der Waals surface area contributed by atoms with Crippen molar-refractivity contribution in [3.8, 4) is 0 Å². The molecule has 0 aliphatic rings. The zero-order chi connectivity index (χ0) is 14.4. The van der Waals surface area contributed by atoms with Gasteiger partial charge in [0, 0.05) is 22.5 Å². The fourth-order valence-corrected chi connectivity index (χ4v) is 3.19. The number of hydrogen-bond donors (Lipinski definition) is 2. The minimum Gasteiger partial charge on any atom is -0.389 e. The molecule has 4 nitrogen and oxygen atoms in total. The fourth-order valence-electron chi connectivity index (χ4n) is 1.72. The van der Waals surface area contributed by atoms with E-state index in [4.69, 9.17) is 4.74 Å². The Morgan fingerprint density at radius 3 is 2.95 bits per heavy atom. The van der Waals surface area contributed by atoms with Crippen molar-refractivity contribution in [1.29, 1.82) is 0 Å². The predicted octanol–water partition coefficient (Wildman–Crippen LogP) is 2.74. The van der Waals surface area contributed by atoms with Gasteiger partial charge in [0.05, 0.1) is 25.4 Å². The van der Waals surface area contributed by atoms with Crippen molar-refractivity contribution in [1.82, 2.24) is 10.3 Å². The quantitative estimate of drug-likeness (QED) is 0.787. The van der Waals surface area contributed by atoms with Gasteiger partial charge in [0.25, 0.3) is 0 Å². The van der Waals surface area contributed by atoms with Gasteiger partial charge in [-0.2, -0.15) is 0 Å². The number of aliphatic hydroxyl groups excluding tert-OH is 1. The minimum atomic E-state index is -0.501. The maximum atomic E-state index is 9.88. The molecule has 0 radical (unpaired) electrons. The first-order valence-corrected chi connectivity index (χ1v) is 8.34. The molecule has 6 heteroatoms. The lowest BCUT2D eigenvalue weighted by Gasteiger charge is -2.15. The largest absolute Gasteiger partial charge is 0.389 e. The van der Waals surface area contributed by atoms with Crippen molar-refractivity contribution in [3.05, 3.63) is 38.5 Å². The first-order valence-electron chi connectivity index (χ1n) is 6.58. The van der Waals surface area contributed by atoms with E-state index in [1.807, 2.05) is 29.8 Å². The van der Waals surface area contributed by atoms with Crippen LogP contribution in [0.3, 0.4) is 0 Å². The van der Waals surface area contributed by atoms with Crippen LogP contribution in [0.5, 0.6) is 0 Å². The zero-order valence-corrected chi connectivity index (χ0v) is 13.3. The molecule has 0 fully saturated rings. The van der Waals surface area contributed by atoms with Crippen molar-refractivity contribution < 1.29 is 9.84 Å². The van der Waals surface area contributed by atoms with E-state index in [-0.39, 0.29) is 6.04 Å². The van der Waals surface area contributed by atoms with E-state index >= 15 is 0 Å². The molecule has 0 saturated carbocycles. The van der Waals surface area contributed by atoms with Gasteiger partial charge in [0.1, 0.15) is 5.01 Å². The van der Waals surface area contributed by atoms with Crippen LogP contribution in [0, 0.1) is 6.92 Å². The number of hydrogen-bond acceptors (Lipinski definition) is 6. The lowest BCUT2D eigenvalue weighted by Crippen LogP contribution is -2.32. The molecule has 0 amide bonds. The molecule has 0 bridgehead atoms. The summed E-state index contributed by atoms with van der Waals surface area (Å²) in [7, 11) is 0. The Hall–Kier alpha value is -0.790. The average molecular weight is 312 g/mol. The number of ether oxygens (including phenoxy) is 1. The lowest BCUT2D eigenvalue weighted by molar-refractivity contribution is 0.0288. The Kier molecular flexibility index (Phi) is 6.12. The second-order valence-electron chi connectivity index (χ2n) is 4.71. The maximum absolute atomic E-state index is 9.88. The third-order valence-corrected chi connectivity index (χ3v) is 4.80. The van der Waals surface area contributed by atoms with Crippen LogP contribution in [0.25, 0.3) is 0 Å². The number of aliphatic hydroxyl groups is 1. The molecule has 20 heavy (non-hydrogen) atoms. The highest BCUT2D eigenvalue weighted by molar-refractivity contribution is 7.10. The van der Waals surface area contributed by atoms with E-state index in [0.717, 1.165) is 10.7 Å². The summed E-state index contributed by atoms with van der Waals surface area (Å²) in [5, 5.41) is 18.3. The number of aryl methyl sites for hydroxylation is 1. The molecule has 110 valence electrons.